The van der Waals surface area contributed by atoms with Crippen molar-refractivity contribution in [1.29, 1.82) is 0 Å². The third-order valence-corrected chi connectivity index (χ3v) is 11.6. The average molecular weight is 747 g/mol. The average Bonchev–Trinajstić information content (AvgIpc) is 3.12. The molecule has 2 atom stereocenters. The summed E-state index contributed by atoms with van der Waals surface area (Å²) in [7, 11) is 4.57. The molecule has 0 N–H and O–H groups in total. The molecule has 0 amide bonds. The van der Waals surface area contributed by atoms with Gasteiger partial charge in [-0.25, -0.2) is 0 Å². The lowest BCUT2D eigenvalue weighted by Crippen LogP contribution is -2.51. The highest BCUT2D eigenvalue weighted by atomic mass is 16.3. The Bertz CT molecular complexity index is 1230. The Balaban J connectivity index is 1.82. The van der Waals surface area contributed by atoms with Gasteiger partial charge in [0.25, 0.3) is 0 Å². The van der Waals surface area contributed by atoms with Gasteiger partial charge in [-0.1, -0.05) is 127 Å². The van der Waals surface area contributed by atoms with E-state index in [4.69, 9.17) is 0 Å². The molecule has 0 aromatic heterocycles. The second kappa shape index (κ2) is 27.0. The topological polar surface area (TPSA) is 70.8 Å². The van der Waals surface area contributed by atoms with Gasteiger partial charge in [0.2, 0.25) is 0 Å². The van der Waals surface area contributed by atoms with Crippen LogP contribution < -0.4 is 10.2 Å². The molecular weight excluding hydrogens is 665 g/mol. The zero-order valence-electron chi connectivity index (χ0n) is 36.5. The van der Waals surface area contributed by atoms with Gasteiger partial charge in [0.05, 0.1) is 51.6 Å². The smallest absolute Gasteiger partial charge is 0.107 e. The fraction of sp³-hybridized carbons (Fsp3) is 0.708. The van der Waals surface area contributed by atoms with Crippen LogP contribution in [0.25, 0.3) is 0 Å². The number of quaternary nitrogens is 2. The lowest BCUT2D eigenvalue weighted by molar-refractivity contribution is -0.903. The molecule has 0 radical (unpaired) electrons. The second-order valence-corrected chi connectivity index (χ2v) is 17.3. The van der Waals surface area contributed by atoms with Crippen LogP contribution in [0.3, 0.4) is 0 Å². The number of rotatable bonds is 31. The number of hydrogen-bond donors (Lipinski definition) is 0. The van der Waals surface area contributed by atoms with E-state index in [0.29, 0.717) is 13.1 Å². The van der Waals surface area contributed by atoms with Gasteiger partial charge in [0.1, 0.15) is 13.1 Å². The number of para-hydroxylation sites is 2. The zero-order chi connectivity index (χ0) is 39.7. The fourth-order valence-electron chi connectivity index (χ4n) is 8.07. The van der Waals surface area contributed by atoms with Crippen LogP contribution in [0.5, 0.6) is 0 Å². The van der Waals surface area contributed by atoms with Crippen LogP contribution >= 0.6 is 0 Å². The molecule has 2 unspecified atom stereocenters. The molecule has 6 nitrogen and oxygen atoms in total. The molecule has 0 bridgehead atoms. The molecule has 6 heteroatoms. The van der Waals surface area contributed by atoms with E-state index >= 15 is 0 Å². The lowest BCUT2D eigenvalue weighted by Gasteiger charge is -2.37. The molecule has 0 heterocycles. The molecule has 0 aliphatic rings. The number of likely N-dealkylation sites (N-methyl/N-ethyl adjacent to an activating group) is 2. The van der Waals surface area contributed by atoms with Crippen molar-refractivity contribution in [3.63, 3.8) is 0 Å². The first-order valence-electron chi connectivity index (χ1n) is 22.2. The number of hydrogen-bond acceptors (Lipinski definition) is 4. The molecule has 2 rings (SSSR count). The van der Waals surface area contributed by atoms with Crippen molar-refractivity contribution in [2.45, 2.75) is 170 Å². The molecule has 0 saturated heterocycles. The van der Waals surface area contributed by atoms with E-state index in [-0.39, 0.29) is 11.8 Å². The summed E-state index contributed by atoms with van der Waals surface area (Å²) < 4.78 is 1.61. The largest absolute Gasteiger partial charge is 0.858 e. The Kier molecular flexibility index (Phi) is 23.7. The van der Waals surface area contributed by atoms with E-state index in [1.807, 2.05) is 64.1 Å². The summed E-state index contributed by atoms with van der Waals surface area (Å²) in [5.41, 5.74) is 6.00. The van der Waals surface area contributed by atoms with Gasteiger partial charge in [-0.15, -0.1) is 0 Å². The molecule has 0 aliphatic carbocycles. The van der Waals surface area contributed by atoms with Crippen LogP contribution in [0.2, 0.25) is 0 Å². The number of unbranched alkanes of at least 4 members (excludes halogenated alkanes) is 17. The molecule has 2 aromatic carbocycles. The molecule has 0 aliphatic heterocycles. The number of benzene rings is 2. The van der Waals surface area contributed by atoms with Gasteiger partial charge >= 0.3 is 0 Å². The molecule has 306 valence electrons. The van der Waals surface area contributed by atoms with E-state index in [1.54, 1.807) is 0 Å². The SMILES string of the molecule is CCCCCCCC[N+](C)(CCCCCCCCCC[N+](C)(CCCCCCCC)CC([O-])=Nc1c(C)cccc1C)CC([O-])=Nc1c(C)cccc1C. The van der Waals surface area contributed by atoms with E-state index in [1.165, 1.54) is 128 Å². The fourth-order valence-corrected chi connectivity index (χ4v) is 8.07. The highest BCUT2D eigenvalue weighted by Crippen LogP contribution is 2.25. The van der Waals surface area contributed by atoms with Gasteiger partial charge in [0.15, 0.2) is 0 Å². The maximum absolute atomic E-state index is 13.3. The minimum atomic E-state index is 0.0164. The first-order valence-corrected chi connectivity index (χ1v) is 22.2. The number of aryl methyl sites for hydroxylation is 4. The van der Waals surface area contributed by atoms with Gasteiger partial charge < -0.3 is 19.2 Å². The number of aliphatic imine (C=N–C) groups is 2. The third kappa shape index (κ3) is 19.8. The van der Waals surface area contributed by atoms with Crippen molar-refractivity contribution < 1.29 is 19.2 Å². The maximum Gasteiger partial charge on any atom is 0.107 e. The van der Waals surface area contributed by atoms with Crippen molar-refractivity contribution in [1.82, 2.24) is 0 Å². The summed E-state index contributed by atoms with van der Waals surface area (Å²) in [4.78, 5) is 9.22. The first-order chi connectivity index (χ1) is 25.9. The van der Waals surface area contributed by atoms with Gasteiger partial charge in [-0.3, -0.25) is 9.98 Å². The van der Waals surface area contributed by atoms with Crippen LogP contribution in [0.4, 0.5) is 11.4 Å². The number of nitrogens with zero attached hydrogens (tertiary/aromatic N) is 4. The van der Waals surface area contributed by atoms with Crippen LogP contribution in [-0.2, 0) is 0 Å². The van der Waals surface area contributed by atoms with Crippen molar-refractivity contribution >= 4 is 23.2 Å². The Morgan fingerprint density at radius 1 is 0.426 bits per heavy atom. The Morgan fingerprint density at radius 3 is 0.926 bits per heavy atom. The van der Waals surface area contributed by atoms with Crippen molar-refractivity contribution in [3.05, 3.63) is 58.7 Å². The Labute approximate surface area is 333 Å². The third-order valence-electron chi connectivity index (χ3n) is 11.6. The zero-order valence-corrected chi connectivity index (χ0v) is 36.5. The molecule has 0 spiro atoms. The normalized spacial score (nSPS) is 14.7. The molecular formula is C48H82N4O2. The maximum atomic E-state index is 13.3. The summed E-state index contributed by atoms with van der Waals surface area (Å²) in [5, 5.41) is 26.6. The monoisotopic (exact) mass is 747 g/mol. The summed E-state index contributed by atoms with van der Waals surface area (Å²) in [5.74, 6) is 0.0328. The predicted molar refractivity (Wildman–Crippen MR) is 231 cm³/mol. The van der Waals surface area contributed by atoms with Crippen molar-refractivity contribution in [2.24, 2.45) is 9.98 Å². The molecule has 2 aromatic rings. The van der Waals surface area contributed by atoms with Crippen molar-refractivity contribution in [2.75, 3.05) is 53.4 Å². The Morgan fingerprint density at radius 2 is 0.667 bits per heavy atom. The van der Waals surface area contributed by atoms with Gasteiger partial charge in [-0.05, 0) is 101 Å². The van der Waals surface area contributed by atoms with Crippen LogP contribution in [0.1, 0.15) is 165 Å². The summed E-state index contributed by atoms with van der Waals surface area (Å²) in [6.45, 7) is 17.9. The highest BCUT2D eigenvalue weighted by molar-refractivity contribution is 5.78. The minimum Gasteiger partial charge on any atom is -0.858 e. The van der Waals surface area contributed by atoms with E-state index in [0.717, 1.165) is 68.8 Å². The standard InChI is InChI=1S/C48H82N4O2/c1-9-11-13-15-21-25-35-51(7,39-45(53)49-47-41(3)31-29-32-42(47)4)37-27-23-19-17-18-20-24-28-38-52(8,36-26-22-16-14-12-10-2)40-46(54)50-48-43(5)33-30-34-44(48)6/h29-34H,9-28,35-40H2,1-8H3. The molecule has 0 fully saturated rings. The summed E-state index contributed by atoms with van der Waals surface area (Å²) >= 11 is 0. The van der Waals surface area contributed by atoms with E-state index < -0.39 is 0 Å². The van der Waals surface area contributed by atoms with E-state index in [2.05, 4.69) is 37.9 Å². The predicted octanol–water partition coefficient (Wildman–Crippen LogP) is 11.1. The van der Waals surface area contributed by atoms with Crippen LogP contribution in [0, 0.1) is 27.7 Å². The van der Waals surface area contributed by atoms with Gasteiger partial charge in [-0.2, -0.15) is 0 Å². The quantitative estimate of drug-likeness (QED) is 0.0334. The lowest BCUT2D eigenvalue weighted by atomic mass is 10.1. The van der Waals surface area contributed by atoms with Crippen LogP contribution in [-0.4, -0.2) is 74.1 Å². The van der Waals surface area contributed by atoms with Crippen molar-refractivity contribution in [3.8, 4) is 0 Å². The second-order valence-electron chi connectivity index (χ2n) is 17.3. The Hall–Kier alpha value is -2.70. The minimum absolute atomic E-state index is 0.0164. The first kappa shape index (κ1) is 47.5. The summed E-state index contributed by atoms with van der Waals surface area (Å²) in [6, 6.07) is 12.3. The van der Waals surface area contributed by atoms with E-state index in [9.17, 15) is 10.2 Å². The van der Waals surface area contributed by atoms with Gasteiger partial charge in [0, 0.05) is 11.8 Å². The van der Waals surface area contributed by atoms with Crippen LogP contribution in [0.15, 0.2) is 46.4 Å². The highest BCUT2D eigenvalue weighted by Gasteiger charge is 2.22. The molecule has 54 heavy (non-hydrogen) atoms. The summed E-state index contributed by atoms with van der Waals surface area (Å²) in [6.07, 6.45) is 25.2. The molecule has 0 saturated carbocycles.